The van der Waals surface area contributed by atoms with Crippen LogP contribution in [-0.4, -0.2) is 11.4 Å². The van der Waals surface area contributed by atoms with Crippen molar-refractivity contribution in [1.82, 2.24) is 5.16 Å². The molecule has 0 radical (unpaired) electrons. The van der Waals surface area contributed by atoms with Gasteiger partial charge in [-0.15, -0.1) is 6.58 Å². The van der Waals surface area contributed by atoms with Crippen LogP contribution >= 0.6 is 0 Å². The van der Waals surface area contributed by atoms with E-state index in [9.17, 15) is 4.79 Å². The number of rotatable bonds is 4. The number of hydrogen-bond donors (Lipinski definition) is 0. The highest BCUT2D eigenvalue weighted by Gasteiger charge is 1.96. The van der Waals surface area contributed by atoms with E-state index in [0.29, 0.717) is 6.42 Å². The van der Waals surface area contributed by atoms with Gasteiger partial charge in [0, 0.05) is 18.9 Å². The van der Waals surface area contributed by atoms with E-state index >= 15 is 0 Å². The minimum absolute atomic E-state index is 0.472. The molecule has 0 aliphatic rings. The predicted octanol–water partition coefficient (Wildman–Crippen LogP) is 3.03. The first-order valence-electron chi connectivity index (χ1n) is 5.34. The van der Waals surface area contributed by atoms with Gasteiger partial charge in [-0.05, 0) is 5.56 Å². The van der Waals surface area contributed by atoms with Crippen molar-refractivity contribution in [3.8, 4) is 0 Å². The molecule has 1 aromatic heterocycles. The summed E-state index contributed by atoms with van der Waals surface area (Å²) in [7, 11) is 0. The van der Waals surface area contributed by atoms with Gasteiger partial charge >= 0.3 is 0 Å². The van der Waals surface area contributed by atoms with E-state index in [-0.39, 0.29) is 0 Å². The van der Waals surface area contributed by atoms with Gasteiger partial charge in [-0.25, -0.2) is 0 Å². The van der Waals surface area contributed by atoms with Crippen LogP contribution in [0.3, 0.4) is 0 Å². The van der Waals surface area contributed by atoms with Gasteiger partial charge in [0.1, 0.15) is 12.5 Å². The normalized spacial score (nSPS) is 8.94. The van der Waals surface area contributed by atoms with E-state index in [2.05, 4.69) is 23.9 Å². The average Bonchev–Trinajstić information content (AvgIpc) is 2.85. The van der Waals surface area contributed by atoms with Crippen molar-refractivity contribution in [1.29, 1.82) is 0 Å². The molecule has 1 aromatic carbocycles. The van der Waals surface area contributed by atoms with Crippen molar-refractivity contribution in [2.24, 2.45) is 0 Å². The van der Waals surface area contributed by atoms with Crippen LogP contribution in [0.15, 0.2) is 59.8 Å². The van der Waals surface area contributed by atoms with Crippen molar-refractivity contribution in [2.45, 2.75) is 12.8 Å². The fourth-order valence-corrected chi connectivity index (χ4v) is 1.20. The Morgan fingerprint density at radius 3 is 2.47 bits per heavy atom. The standard InChI is InChI=1S/C10H9NO.C4H6O/c1-2-4-9(5-3-1)8-10-6-7-12-11-10;1-2-3-4-5/h1-7H,8H2;2,4H,1,3H2. The molecule has 0 bridgehead atoms. The van der Waals surface area contributed by atoms with E-state index in [1.54, 1.807) is 12.3 Å². The molecule has 0 amide bonds. The topological polar surface area (TPSA) is 43.1 Å². The Hall–Kier alpha value is -2.16. The molecule has 1 heterocycles. The SMILES string of the molecule is C=CCC=O.c1ccc(Cc2ccon2)cc1. The summed E-state index contributed by atoms with van der Waals surface area (Å²) in [5, 5.41) is 3.84. The molecule has 0 aliphatic heterocycles. The summed E-state index contributed by atoms with van der Waals surface area (Å²) >= 11 is 0. The Kier molecular flexibility index (Phi) is 6.11. The molecule has 0 fully saturated rings. The summed E-state index contributed by atoms with van der Waals surface area (Å²) in [6.07, 6.45) is 5.29. The smallest absolute Gasteiger partial charge is 0.124 e. The molecule has 0 aliphatic carbocycles. The van der Waals surface area contributed by atoms with Crippen LogP contribution < -0.4 is 0 Å². The quantitative estimate of drug-likeness (QED) is 0.598. The second kappa shape index (κ2) is 8.05. The first kappa shape index (κ1) is 12.9. The highest BCUT2D eigenvalue weighted by Crippen LogP contribution is 2.05. The van der Waals surface area contributed by atoms with E-state index in [1.807, 2.05) is 24.3 Å². The van der Waals surface area contributed by atoms with E-state index in [1.165, 1.54) is 5.56 Å². The summed E-state index contributed by atoms with van der Waals surface area (Å²) in [5.41, 5.74) is 2.23. The fourth-order valence-electron chi connectivity index (χ4n) is 1.20. The van der Waals surface area contributed by atoms with Crippen molar-refractivity contribution >= 4 is 6.29 Å². The van der Waals surface area contributed by atoms with E-state index in [0.717, 1.165) is 18.4 Å². The largest absolute Gasteiger partial charge is 0.365 e. The molecule has 0 spiro atoms. The van der Waals surface area contributed by atoms with Gasteiger partial charge in [0.25, 0.3) is 0 Å². The summed E-state index contributed by atoms with van der Waals surface area (Å²) in [6.45, 7) is 3.32. The summed E-state index contributed by atoms with van der Waals surface area (Å²) in [5.74, 6) is 0. The molecule has 88 valence electrons. The van der Waals surface area contributed by atoms with Gasteiger partial charge in [-0.2, -0.15) is 0 Å². The van der Waals surface area contributed by atoms with E-state index < -0.39 is 0 Å². The number of carbonyl (C=O) groups is 1. The van der Waals surface area contributed by atoms with Gasteiger partial charge in [0.15, 0.2) is 0 Å². The van der Waals surface area contributed by atoms with Gasteiger partial charge in [0.2, 0.25) is 0 Å². The van der Waals surface area contributed by atoms with Crippen LogP contribution in [0.1, 0.15) is 17.7 Å². The summed E-state index contributed by atoms with van der Waals surface area (Å²) in [4.78, 5) is 9.33. The maximum atomic E-state index is 9.33. The Bertz CT molecular complexity index is 415. The number of aromatic nitrogens is 1. The zero-order valence-corrected chi connectivity index (χ0v) is 9.58. The Morgan fingerprint density at radius 2 is 2.00 bits per heavy atom. The van der Waals surface area contributed by atoms with Crippen molar-refractivity contribution in [2.75, 3.05) is 0 Å². The van der Waals surface area contributed by atoms with Gasteiger partial charge < -0.3 is 9.32 Å². The molecule has 0 saturated carbocycles. The highest BCUT2D eigenvalue weighted by molar-refractivity contribution is 5.51. The minimum Gasteiger partial charge on any atom is -0.365 e. The Balaban J connectivity index is 0.000000249. The molecule has 3 nitrogen and oxygen atoms in total. The molecule has 2 aromatic rings. The number of nitrogens with zero attached hydrogens (tertiary/aromatic N) is 1. The number of hydrogen-bond acceptors (Lipinski definition) is 3. The maximum Gasteiger partial charge on any atom is 0.124 e. The van der Waals surface area contributed by atoms with Gasteiger partial charge in [0.05, 0.1) is 5.69 Å². The zero-order valence-electron chi connectivity index (χ0n) is 9.58. The van der Waals surface area contributed by atoms with Crippen LogP contribution in [0.25, 0.3) is 0 Å². The van der Waals surface area contributed by atoms with E-state index in [4.69, 9.17) is 4.52 Å². The second-order valence-corrected chi connectivity index (χ2v) is 3.34. The van der Waals surface area contributed by atoms with Crippen LogP contribution in [0.5, 0.6) is 0 Å². The third-order valence-electron chi connectivity index (χ3n) is 1.98. The highest BCUT2D eigenvalue weighted by atomic mass is 16.5. The lowest BCUT2D eigenvalue weighted by Crippen LogP contribution is -1.86. The molecular weight excluding hydrogens is 214 g/mol. The first-order valence-corrected chi connectivity index (χ1v) is 5.34. The average molecular weight is 229 g/mol. The lowest BCUT2D eigenvalue weighted by molar-refractivity contribution is -0.107. The van der Waals surface area contributed by atoms with Crippen molar-refractivity contribution in [3.05, 3.63) is 66.6 Å². The lowest BCUT2D eigenvalue weighted by atomic mass is 10.1. The maximum absolute atomic E-state index is 9.33. The number of carbonyl (C=O) groups excluding carboxylic acids is 1. The molecule has 0 unspecified atom stereocenters. The third kappa shape index (κ3) is 5.47. The lowest BCUT2D eigenvalue weighted by Gasteiger charge is -1.94. The Morgan fingerprint density at radius 1 is 1.24 bits per heavy atom. The number of benzene rings is 1. The van der Waals surface area contributed by atoms with Crippen LogP contribution in [0, 0.1) is 0 Å². The van der Waals surface area contributed by atoms with Crippen LogP contribution in [0.4, 0.5) is 0 Å². The van der Waals surface area contributed by atoms with Crippen LogP contribution in [-0.2, 0) is 11.2 Å². The fraction of sp³-hybridized carbons (Fsp3) is 0.143. The number of allylic oxidation sites excluding steroid dienone is 1. The minimum atomic E-state index is 0.472. The number of aldehydes is 1. The van der Waals surface area contributed by atoms with Crippen molar-refractivity contribution < 1.29 is 9.32 Å². The summed E-state index contributed by atoms with van der Waals surface area (Å²) < 4.78 is 4.74. The predicted molar refractivity (Wildman–Crippen MR) is 66.6 cm³/mol. The second-order valence-electron chi connectivity index (χ2n) is 3.34. The van der Waals surface area contributed by atoms with Gasteiger partial charge in [-0.3, -0.25) is 0 Å². The third-order valence-corrected chi connectivity index (χ3v) is 1.98. The zero-order chi connectivity index (χ0) is 12.3. The first-order chi connectivity index (χ1) is 8.36. The monoisotopic (exact) mass is 229 g/mol. The van der Waals surface area contributed by atoms with Gasteiger partial charge in [-0.1, -0.05) is 41.6 Å². The molecular formula is C14H15NO2. The summed E-state index contributed by atoms with van der Waals surface area (Å²) in [6, 6.07) is 12.1. The molecule has 3 heteroatoms. The molecule has 0 N–H and O–H groups in total. The Labute approximate surface area is 101 Å². The van der Waals surface area contributed by atoms with Crippen LogP contribution in [0.2, 0.25) is 0 Å². The molecule has 0 atom stereocenters. The molecule has 2 rings (SSSR count). The van der Waals surface area contributed by atoms with Crippen molar-refractivity contribution in [3.63, 3.8) is 0 Å². The molecule has 17 heavy (non-hydrogen) atoms. The molecule has 0 saturated heterocycles.